The molecule has 1 aliphatic carbocycles. The number of carbonyl (C=O) groups excluding carboxylic acids is 1. The van der Waals surface area contributed by atoms with Crippen LogP contribution in [0.3, 0.4) is 0 Å². The molecule has 1 heterocycles. The van der Waals surface area contributed by atoms with Crippen LogP contribution in [0.4, 0.5) is 0 Å². The Morgan fingerprint density at radius 1 is 1.03 bits per heavy atom. The lowest BCUT2D eigenvalue weighted by Gasteiger charge is -2.29. The highest BCUT2D eigenvalue weighted by atomic mass is 32.2. The average molecular weight is 515 g/mol. The predicted molar refractivity (Wildman–Crippen MR) is 151 cm³/mol. The standard InChI is InChI=1S/C30H30N2O2S2/c1-3-18-31-28(33)30(24-13-7-5-11-22(24)23-12-6-8-14-25(23)30)17-9-10-19-35-29-32-26-16-15-21(34-4-2)20-27(26)36-29/h5-16,20H,3-4,17-19H2,1-2H3,(H,31,33)/b10-9+. The second-order valence-corrected chi connectivity index (χ2v) is 11.1. The quantitative estimate of drug-likeness (QED) is 0.179. The van der Waals surface area contributed by atoms with E-state index in [0.29, 0.717) is 19.6 Å². The van der Waals surface area contributed by atoms with Gasteiger partial charge in [0, 0.05) is 12.3 Å². The number of hydrogen-bond donors (Lipinski definition) is 1. The Morgan fingerprint density at radius 3 is 2.44 bits per heavy atom. The van der Waals surface area contributed by atoms with Crippen LogP contribution in [0.15, 0.2) is 83.2 Å². The second-order valence-electron chi connectivity index (χ2n) is 8.78. The van der Waals surface area contributed by atoms with Crippen LogP contribution in [0.1, 0.15) is 37.8 Å². The van der Waals surface area contributed by atoms with Gasteiger partial charge in [0.1, 0.15) is 11.2 Å². The largest absolute Gasteiger partial charge is 0.494 e. The van der Waals surface area contributed by atoms with Crippen LogP contribution in [0, 0.1) is 0 Å². The van der Waals surface area contributed by atoms with Crippen molar-refractivity contribution in [3.05, 3.63) is 90.0 Å². The zero-order valence-electron chi connectivity index (χ0n) is 20.6. The molecule has 0 bridgehead atoms. The molecule has 36 heavy (non-hydrogen) atoms. The number of carbonyl (C=O) groups is 1. The van der Waals surface area contributed by atoms with Crippen LogP contribution in [0.2, 0.25) is 0 Å². The van der Waals surface area contributed by atoms with Crippen LogP contribution in [-0.4, -0.2) is 29.8 Å². The molecule has 0 aliphatic heterocycles. The van der Waals surface area contributed by atoms with E-state index in [0.717, 1.165) is 54.7 Å². The lowest BCUT2D eigenvalue weighted by atomic mass is 9.74. The third kappa shape index (κ3) is 4.56. The molecule has 4 aromatic rings. The molecular formula is C30H30N2O2S2. The molecule has 0 unspecified atom stereocenters. The van der Waals surface area contributed by atoms with E-state index >= 15 is 0 Å². The van der Waals surface area contributed by atoms with Crippen LogP contribution in [-0.2, 0) is 10.2 Å². The first-order chi connectivity index (χ1) is 17.7. The minimum atomic E-state index is -0.713. The van der Waals surface area contributed by atoms with Crippen molar-refractivity contribution in [2.45, 2.75) is 36.4 Å². The van der Waals surface area contributed by atoms with Crippen molar-refractivity contribution >= 4 is 39.2 Å². The highest BCUT2D eigenvalue weighted by Gasteiger charge is 2.47. The maximum atomic E-state index is 13.7. The number of nitrogens with zero attached hydrogens (tertiary/aromatic N) is 1. The molecule has 0 fully saturated rings. The lowest BCUT2D eigenvalue weighted by Crippen LogP contribution is -2.44. The molecule has 1 amide bonds. The molecule has 0 radical (unpaired) electrons. The molecule has 0 saturated heterocycles. The number of ether oxygens (including phenoxy) is 1. The smallest absolute Gasteiger partial charge is 0.235 e. The maximum Gasteiger partial charge on any atom is 0.235 e. The molecule has 6 heteroatoms. The SMILES string of the molecule is CCCNC(=O)C1(C/C=C/CSc2nc3ccc(OCC)cc3s2)c2ccccc2-c2ccccc21. The Labute approximate surface area is 220 Å². The average Bonchev–Trinajstić information content (AvgIpc) is 3.44. The van der Waals surface area contributed by atoms with E-state index in [1.165, 1.54) is 0 Å². The minimum absolute atomic E-state index is 0.0790. The molecule has 4 nitrogen and oxygen atoms in total. The van der Waals surface area contributed by atoms with Crippen molar-refractivity contribution in [1.29, 1.82) is 0 Å². The minimum Gasteiger partial charge on any atom is -0.494 e. The van der Waals surface area contributed by atoms with Gasteiger partial charge >= 0.3 is 0 Å². The van der Waals surface area contributed by atoms with Gasteiger partial charge in [0.05, 0.1) is 16.8 Å². The summed E-state index contributed by atoms with van der Waals surface area (Å²) in [6.45, 7) is 5.40. The normalized spacial score (nSPS) is 13.6. The molecule has 0 atom stereocenters. The van der Waals surface area contributed by atoms with Gasteiger partial charge in [-0.05, 0) is 60.2 Å². The van der Waals surface area contributed by atoms with Crippen LogP contribution >= 0.6 is 23.1 Å². The molecule has 5 rings (SSSR count). The fourth-order valence-corrected chi connectivity index (χ4v) is 6.89. The number of fused-ring (bicyclic) bond motifs is 4. The number of rotatable bonds is 10. The summed E-state index contributed by atoms with van der Waals surface area (Å²) in [7, 11) is 0. The monoisotopic (exact) mass is 514 g/mol. The first-order valence-electron chi connectivity index (χ1n) is 12.5. The number of thioether (sulfide) groups is 1. The summed E-state index contributed by atoms with van der Waals surface area (Å²) < 4.78 is 7.79. The first-order valence-corrected chi connectivity index (χ1v) is 14.3. The Bertz CT molecular complexity index is 1360. The summed E-state index contributed by atoms with van der Waals surface area (Å²) in [5.74, 6) is 1.76. The van der Waals surface area contributed by atoms with Gasteiger partial charge in [-0.25, -0.2) is 4.98 Å². The second kappa shape index (κ2) is 10.9. The van der Waals surface area contributed by atoms with Gasteiger partial charge in [-0.3, -0.25) is 4.79 Å². The molecule has 1 aliphatic rings. The van der Waals surface area contributed by atoms with Gasteiger partial charge in [-0.2, -0.15) is 0 Å². The summed E-state index contributed by atoms with van der Waals surface area (Å²) in [4.78, 5) is 18.5. The van der Waals surface area contributed by atoms with E-state index in [2.05, 4.69) is 66.9 Å². The van der Waals surface area contributed by atoms with Gasteiger partial charge in [0.25, 0.3) is 0 Å². The Morgan fingerprint density at radius 2 is 1.75 bits per heavy atom. The van der Waals surface area contributed by atoms with E-state index < -0.39 is 5.41 Å². The fourth-order valence-electron chi connectivity index (χ4n) is 4.92. The first kappa shape index (κ1) is 24.6. The molecule has 0 saturated carbocycles. The summed E-state index contributed by atoms with van der Waals surface area (Å²) >= 11 is 3.41. The Kier molecular flexibility index (Phi) is 7.44. The zero-order valence-corrected chi connectivity index (χ0v) is 22.3. The van der Waals surface area contributed by atoms with Crippen molar-refractivity contribution in [2.75, 3.05) is 18.9 Å². The molecule has 1 N–H and O–H groups in total. The number of allylic oxidation sites excluding steroid dienone is 1. The lowest BCUT2D eigenvalue weighted by molar-refractivity contribution is -0.125. The van der Waals surface area contributed by atoms with E-state index in [4.69, 9.17) is 9.72 Å². The Balaban J connectivity index is 1.36. The van der Waals surface area contributed by atoms with Gasteiger partial charge in [0.2, 0.25) is 5.91 Å². The predicted octanol–water partition coefficient (Wildman–Crippen LogP) is 7.23. The topological polar surface area (TPSA) is 51.2 Å². The highest BCUT2D eigenvalue weighted by Crippen LogP contribution is 2.51. The molecular weight excluding hydrogens is 484 g/mol. The highest BCUT2D eigenvalue weighted by molar-refractivity contribution is 8.01. The zero-order chi connectivity index (χ0) is 25.0. The van der Waals surface area contributed by atoms with Crippen molar-refractivity contribution in [3.8, 4) is 16.9 Å². The van der Waals surface area contributed by atoms with Crippen molar-refractivity contribution < 1.29 is 9.53 Å². The van der Waals surface area contributed by atoms with Crippen LogP contribution < -0.4 is 10.1 Å². The summed E-state index contributed by atoms with van der Waals surface area (Å²) in [5.41, 5.74) is 4.78. The van der Waals surface area contributed by atoms with Gasteiger partial charge in [-0.15, -0.1) is 11.3 Å². The fraction of sp³-hybridized carbons (Fsp3) is 0.267. The van der Waals surface area contributed by atoms with Crippen molar-refractivity contribution in [3.63, 3.8) is 0 Å². The molecule has 3 aromatic carbocycles. The van der Waals surface area contributed by atoms with Gasteiger partial charge < -0.3 is 10.1 Å². The summed E-state index contributed by atoms with van der Waals surface area (Å²) in [6.07, 6.45) is 5.86. The van der Waals surface area contributed by atoms with Gasteiger partial charge in [0.15, 0.2) is 4.34 Å². The number of hydrogen-bond acceptors (Lipinski definition) is 5. The number of benzene rings is 3. The molecule has 1 aromatic heterocycles. The van der Waals surface area contributed by atoms with E-state index in [-0.39, 0.29) is 5.91 Å². The van der Waals surface area contributed by atoms with E-state index in [1.54, 1.807) is 23.1 Å². The third-order valence-electron chi connectivity index (χ3n) is 6.53. The van der Waals surface area contributed by atoms with Crippen LogP contribution in [0.25, 0.3) is 21.3 Å². The summed E-state index contributed by atoms with van der Waals surface area (Å²) in [5, 5.41) is 3.20. The van der Waals surface area contributed by atoms with E-state index in [9.17, 15) is 4.79 Å². The molecule has 0 spiro atoms. The molecule has 184 valence electrons. The number of nitrogens with one attached hydrogen (secondary N) is 1. The van der Waals surface area contributed by atoms with Gasteiger partial charge in [-0.1, -0.05) is 79.4 Å². The van der Waals surface area contributed by atoms with E-state index in [1.807, 2.05) is 31.2 Å². The third-order valence-corrected chi connectivity index (χ3v) is 8.65. The number of thiazole rings is 1. The van der Waals surface area contributed by atoms with Crippen LogP contribution in [0.5, 0.6) is 5.75 Å². The summed E-state index contributed by atoms with van der Waals surface area (Å²) in [6, 6.07) is 22.7. The number of aromatic nitrogens is 1. The maximum absolute atomic E-state index is 13.7. The Hall–Kier alpha value is -3.09. The van der Waals surface area contributed by atoms with Crippen molar-refractivity contribution in [2.24, 2.45) is 0 Å². The van der Waals surface area contributed by atoms with Crippen molar-refractivity contribution in [1.82, 2.24) is 10.3 Å². The number of amides is 1.